The summed E-state index contributed by atoms with van der Waals surface area (Å²) >= 11 is 0. The molecule has 2 bridgehead atoms. The molecule has 0 radical (unpaired) electrons. The molecule has 21 heavy (non-hydrogen) atoms. The van der Waals surface area contributed by atoms with Gasteiger partial charge < -0.3 is 16.0 Å². The third kappa shape index (κ3) is 2.17. The van der Waals surface area contributed by atoms with Crippen molar-refractivity contribution in [2.24, 2.45) is 35.3 Å². The van der Waals surface area contributed by atoms with Crippen LogP contribution in [0.2, 0.25) is 0 Å². The van der Waals surface area contributed by atoms with E-state index in [0.29, 0.717) is 11.8 Å². The van der Waals surface area contributed by atoms with Crippen molar-refractivity contribution in [2.75, 3.05) is 19.6 Å². The van der Waals surface area contributed by atoms with Crippen molar-refractivity contribution in [3.05, 3.63) is 0 Å². The number of piperidine rings is 1. The van der Waals surface area contributed by atoms with Crippen molar-refractivity contribution >= 4 is 11.8 Å². The fourth-order valence-corrected chi connectivity index (χ4v) is 5.52. The normalized spacial score (nSPS) is 40.9. The van der Waals surface area contributed by atoms with E-state index in [-0.39, 0.29) is 30.3 Å². The van der Waals surface area contributed by atoms with Gasteiger partial charge in [-0.1, -0.05) is 0 Å². The Morgan fingerprint density at radius 2 is 1.67 bits per heavy atom. The molecule has 0 spiro atoms. The van der Waals surface area contributed by atoms with Gasteiger partial charge in [-0.15, -0.1) is 0 Å². The SMILES string of the molecule is NC(=O)CN(C(=O)C1C2C3CCC(C3)C12)C1CCNCC1. The van der Waals surface area contributed by atoms with Crippen molar-refractivity contribution in [1.82, 2.24) is 10.2 Å². The molecule has 5 heteroatoms. The maximum Gasteiger partial charge on any atom is 0.237 e. The zero-order chi connectivity index (χ0) is 14.6. The van der Waals surface area contributed by atoms with Crippen molar-refractivity contribution in [1.29, 1.82) is 0 Å². The molecule has 2 amide bonds. The summed E-state index contributed by atoms with van der Waals surface area (Å²) in [5.41, 5.74) is 5.39. The van der Waals surface area contributed by atoms with Crippen molar-refractivity contribution in [3.8, 4) is 0 Å². The van der Waals surface area contributed by atoms with Gasteiger partial charge in [0.2, 0.25) is 11.8 Å². The number of nitrogens with two attached hydrogens (primary N) is 1. The highest BCUT2D eigenvalue weighted by molar-refractivity contribution is 5.87. The third-order valence-corrected chi connectivity index (χ3v) is 6.38. The van der Waals surface area contributed by atoms with E-state index in [2.05, 4.69) is 5.32 Å². The molecule has 0 aromatic heterocycles. The summed E-state index contributed by atoms with van der Waals surface area (Å²) in [6.07, 6.45) is 5.86. The van der Waals surface area contributed by atoms with Crippen LogP contribution in [0.15, 0.2) is 0 Å². The molecule has 4 fully saturated rings. The van der Waals surface area contributed by atoms with E-state index in [1.807, 2.05) is 4.90 Å². The molecule has 3 N–H and O–H groups in total. The van der Waals surface area contributed by atoms with Gasteiger partial charge in [0.25, 0.3) is 0 Å². The molecule has 4 rings (SSSR count). The van der Waals surface area contributed by atoms with Gasteiger partial charge >= 0.3 is 0 Å². The summed E-state index contributed by atoms with van der Waals surface area (Å²) in [7, 11) is 0. The zero-order valence-electron chi connectivity index (χ0n) is 12.5. The van der Waals surface area contributed by atoms with Gasteiger partial charge in [0, 0.05) is 12.0 Å². The van der Waals surface area contributed by atoms with E-state index in [1.54, 1.807) is 0 Å². The second-order valence-electron chi connectivity index (χ2n) is 7.43. The molecule has 1 heterocycles. The van der Waals surface area contributed by atoms with Crippen molar-refractivity contribution in [2.45, 2.75) is 38.1 Å². The predicted molar refractivity (Wildman–Crippen MR) is 78.1 cm³/mol. The summed E-state index contributed by atoms with van der Waals surface area (Å²) in [5.74, 6) is 2.91. The summed E-state index contributed by atoms with van der Waals surface area (Å²) < 4.78 is 0. The van der Waals surface area contributed by atoms with Gasteiger partial charge in [0.15, 0.2) is 0 Å². The summed E-state index contributed by atoms with van der Waals surface area (Å²) in [6, 6.07) is 0.199. The highest BCUT2D eigenvalue weighted by atomic mass is 16.2. The Labute approximate surface area is 125 Å². The summed E-state index contributed by atoms with van der Waals surface area (Å²) in [6.45, 7) is 1.96. The number of carbonyl (C=O) groups is 2. The standard InChI is InChI=1S/C16H25N3O2/c17-12(20)8-19(11-3-5-18-6-4-11)16(21)15-13-9-1-2-10(7-9)14(13)15/h9-11,13-15,18H,1-8H2,(H2,17,20). The van der Waals surface area contributed by atoms with Crippen LogP contribution in [0, 0.1) is 29.6 Å². The maximum atomic E-state index is 13.0. The van der Waals surface area contributed by atoms with Crippen LogP contribution in [0.25, 0.3) is 0 Å². The fourth-order valence-electron chi connectivity index (χ4n) is 5.52. The topological polar surface area (TPSA) is 75.4 Å². The first kappa shape index (κ1) is 13.6. The van der Waals surface area contributed by atoms with Gasteiger partial charge in [-0.25, -0.2) is 0 Å². The van der Waals surface area contributed by atoms with Crippen molar-refractivity contribution < 1.29 is 9.59 Å². The Hall–Kier alpha value is -1.10. The molecule has 4 atom stereocenters. The molecule has 4 aliphatic rings. The number of rotatable bonds is 4. The average Bonchev–Trinajstić information content (AvgIpc) is 2.92. The minimum Gasteiger partial charge on any atom is -0.368 e. The Kier molecular flexibility index (Phi) is 3.21. The number of nitrogens with one attached hydrogen (secondary N) is 1. The van der Waals surface area contributed by atoms with Crippen LogP contribution in [0.4, 0.5) is 0 Å². The Balaban J connectivity index is 1.48. The highest BCUT2D eigenvalue weighted by Gasteiger charge is 2.68. The molecule has 3 aliphatic carbocycles. The molecular formula is C16H25N3O2. The minimum atomic E-state index is -0.379. The van der Waals surface area contributed by atoms with E-state index in [1.165, 1.54) is 19.3 Å². The molecular weight excluding hydrogens is 266 g/mol. The van der Waals surface area contributed by atoms with Crippen LogP contribution in [-0.2, 0) is 9.59 Å². The fraction of sp³-hybridized carbons (Fsp3) is 0.875. The van der Waals surface area contributed by atoms with Crippen LogP contribution in [0.1, 0.15) is 32.1 Å². The molecule has 0 aromatic carbocycles. The summed E-state index contributed by atoms with van der Waals surface area (Å²) in [4.78, 5) is 26.2. The molecule has 1 saturated heterocycles. The van der Waals surface area contributed by atoms with Gasteiger partial charge in [0.05, 0.1) is 6.54 Å². The lowest BCUT2D eigenvalue weighted by atomic mass is 9.99. The van der Waals surface area contributed by atoms with E-state index in [9.17, 15) is 9.59 Å². The second kappa shape index (κ2) is 4.97. The lowest BCUT2D eigenvalue weighted by molar-refractivity contribution is -0.140. The monoisotopic (exact) mass is 291 g/mol. The number of hydrogen-bond donors (Lipinski definition) is 2. The molecule has 4 unspecified atom stereocenters. The van der Waals surface area contributed by atoms with E-state index in [0.717, 1.165) is 37.8 Å². The van der Waals surface area contributed by atoms with Crippen LogP contribution in [-0.4, -0.2) is 42.4 Å². The molecule has 3 saturated carbocycles. The van der Waals surface area contributed by atoms with Gasteiger partial charge in [-0.2, -0.15) is 0 Å². The number of nitrogens with zero attached hydrogens (tertiary/aromatic N) is 1. The van der Waals surface area contributed by atoms with E-state index < -0.39 is 0 Å². The largest absolute Gasteiger partial charge is 0.368 e. The van der Waals surface area contributed by atoms with E-state index in [4.69, 9.17) is 5.73 Å². The second-order valence-corrected chi connectivity index (χ2v) is 7.43. The molecule has 5 nitrogen and oxygen atoms in total. The molecule has 1 aliphatic heterocycles. The minimum absolute atomic E-state index is 0.106. The Morgan fingerprint density at radius 3 is 2.24 bits per heavy atom. The summed E-state index contributed by atoms with van der Waals surface area (Å²) in [5, 5.41) is 3.32. The molecule has 116 valence electrons. The van der Waals surface area contributed by atoms with E-state index >= 15 is 0 Å². The number of amides is 2. The van der Waals surface area contributed by atoms with Crippen LogP contribution in [0.5, 0.6) is 0 Å². The Bertz CT molecular complexity index is 444. The highest BCUT2D eigenvalue weighted by Crippen LogP contribution is 2.69. The Morgan fingerprint density at radius 1 is 1.05 bits per heavy atom. The predicted octanol–water partition coefficient (Wildman–Crippen LogP) is 0.344. The van der Waals surface area contributed by atoms with Gasteiger partial charge in [-0.3, -0.25) is 9.59 Å². The average molecular weight is 291 g/mol. The third-order valence-electron chi connectivity index (χ3n) is 6.38. The first-order chi connectivity index (χ1) is 10.2. The molecule has 0 aromatic rings. The zero-order valence-corrected chi connectivity index (χ0v) is 12.5. The lowest BCUT2D eigenvalue weighted by Gasteiger charge is -2.34. The van der Waals surface area contributed by atoms with Crippen LogP contribution in [0.3, 0.4) is 0 Å². The smallest absolute Gasteiger partial charge is 0.237 e. The number of hydrogen-bond acceptors (Lipinski definition) is 3. The van der Waals surface area contributed by atoms with Gasteiger partial charge in [0.1, 0.15) is 0 Å². The first-order valence-electron chi connectivity index (χ1n) is 8.46. The number of fused-ring (bicyclic) bond motifs is 5. The first-order valence-corrected chi connectivity index (χ1v) is 8.46. The number of carbonyl (C=O) groups excluding carboxylic acids is 2. The van der Waals surface area contributed by atoms with Crippen molar-refractivity contribution in [3.63, 3.8) is 0 Å². The number of primary amides is 1. The maximum absolute atomic E-state index is 13.0. The lowest BCUT2D eigenvalue weighted by Crippen LogP contribution is -2.50. The quantitative estimate of drug-likeness (QED) is 0.784. The van der Waals surface area contributed by atoms with Crippen LogP contribution >= 0.6 is 0 Å². The van der Waals surface area contributed by atoms with Crippen LogP contribution < -0.4 is 11.1 Å². The van der Waals surface area contributed by atoms with Gasteiger partial charge in [-0.05, 0) is 68.9 Å².